The lowest BCUT2D eigenvalue weighted by Gasteiger charge is -2.14. The Hall–Kier alpha value is -3.46. The van der Waals surface area contributed by atoms with E-state index in [2.05, 4.69) is 20.7 Å². The molecule has 2 N–H and O–H groups in total. The number of nitrogens with one attached hydrogen (secondary N) is 1. The van der Waals surface area contributed by atoms with Crippen molar-refractivity contribution < 1.29 is 9.90 Å². The van der Waals surface area contributed by atoms with Gasteiger partial charge in [0.25, 0.3) is 0 Å². The number of aromatic nitrogens is 3. The Morgan fingerprint density at radius 3 is 2.39 bits per heavy atom. The standard InChI is InChI=1S/C24H20ClN5O2S/c1-16(31)23(28-26-19-12-8-11-18(25)15-19)33-24-29-27-22(21(32)17-9-4-2-5-10-17)30(24)20-13-6-3-7-14-20/h2-15,21,26,32H,1H3/b28-23+/t21-/m1/s1. The zero-order chi connectivity index (χ0) is 23.2. The number of halogens is 1. The van der Waals surface area contributed by atoms with Gasteiger partial charge in [-0.05, 0) is 47.7 Å². The van der Waals surface area contributed by atoms with E-state index in [-0.39, 0.29) is 10.8 Å². The second kappa shape index (κ2) is 10.4. The summed E-state index contributed by atoms with van der Waals surface area (Å²) in [6, 6.07) is 25.6. The Kier molecular flexibility index (Phi) is 7.19. The van der Waals surface area contributed by atoms with Gasteiger partial charge in [0.15, 0.2) is 16.7 Å². The highest BCUT2D eigenvalue weighted by Gasteiger charge is 2.24. The number of ketones is 1. The van der Waals surface area contributed by atoms with Gasteiger partial charge in [-0.2, -0.15) is 5.10 Å². The molecule has 0 saturated carbocycles. The number of para-hydroxylation sites is 1. The number of aliphatic hydroxyl groups is 1. The number of thioether (sulfide) groups is 1. The summed E-state index contributed by atoms with van der Waals surface area (Å²) in [5, 5.41) is 24.9. The number of benzene rings is 3. The van der Waals surface area contributed by atoms with E-state index >= 15 is 0 Å². The topological polar surface area (TPSA) is 92.4 Å². The molecule has 0 aliphatic rings. The van der Waals surface area contributed by atoms with Crippen LogP contribution in [-0.4, -0.2) is 30.7 Å². The zero-order valence-corrected chi connectivity index (χ0v) is 19.2. The van der Waals surface area contributed by atoms with Crippen LogP contribution in [0.1, 0.15) is 24.4 Å². The maximum atomic E-state index is 12.3. The van der Waals surface area contributed by atoms with Crippen molar-refractivity contribution >= 4 is 39.9 Å². The van der Waals surface area contributed by atoms with Gasteiger partial charge in [0.1, 0.15) is 6.10 Å². The van der Waals surface area contributed by atoms with Crippen molar-refractivity contribution in [2.45, 2.75) is 18.2 Å². The van der Waals surface area contributed by atoms with Crippen molar-refractivity contribution in [3.8, 4) is 5.69 Å². The summed E-state index contributed by atoms with van der Waals surface area (Å²) in [7, 11) is 0. The van der Waals surface area contributed by atoms with Crippen LogP contribution in [0.3, 0.4) is 0 Å². The molecule has 9 heteroatoms. The van der Waals surface area contributed by atoms with Gasteiger partial charge in [-0.1, -0.05) is 66.2 Å². The summed E-state index contributed by atoms with van der Waals surface area (Å²) < 4.78 is 1.72. The number of carbonyl (C=O) groups excluding carboxylic acids is 1. The fourth-order valence-electron chi connectivity index (χ4n) is 3.06. The van der Waals surface area contributed by atoms with Crippen LogP contribution in [0.5, 0.6) is 0 Å². The number of anilines is 1. The van der Waals surface area contributed by atoms with Crippen molar-refractivity contribution in [1.29, 1.82) is 0 Å². The van der Waals surface area contributed by atoms with E-state index in [0.29, 0.717) is 27.3 Å². The highest BCUT2D eigenvalue weighted by Crippen LogP contribution is 2.29. The predicted molar refractivity (Wildman–Crippen MR) is 131 cm³/mol. The summed E-state index contributed by atoms with van der Waals surface area (Å²) in [6.07, 6.45) is -1.00. The number of hydrogen-bond acceptors (Lipinski definition) is 7. The Morgan fingerprint density at radius 2 is 1.73 bits per heavy atom. The molecule has 0 aliphatic heterocycles. The third kappa shape index (κ3) is 5.48. The average molecular weight is 478 g/mol. The molecule has 0 spiro atoms. The summed E-state index contributed by atoms with van der Waals surface area (Å²) >= 11 is 7.08. The summed E-state index contributed by atoms with van der Waals surface area (Å²) in [5.41, 5.74) is 4.93. The van der Waals surface area contributed by atoms with E-state index in [1.165, 1.54) is 6.92 Å². The van der Waals surface area contributed by atoms with Crippen molar-refractivity contribution in [2.75, 3.05) is 5.43 Å². The van der Waals surface area contributed by atoms with Crippen molar-refractivity contribution in [2.24, 2.45) is 5.10 Å². The molecule has 1 aromatic heterocycles. The number of aliphatic hydroxyl groups excluding tert-OH is 1. The molecular formula is C24H20ClN5O2S. The Morgan fingerprint density at radius 1 is 1.03 bits per heavy atom. The Balaban J connectivity index is 1.71. The van der Waals surface area contributed by atoms with Gasteiger partial charge in [-0.25, -0.2) is 0 Å². The molecule has 33 heavy (non-hydrogen) atoms. The molecule has 1 atom stereocenters. The number of carbonyl (C=O) groups is 1. The Labute approximate surface area is 200 Å². The van der Waals surface area contributed by atoms with Gasteiger partial charge >= 0.3 is 0 Å². The monoisotopic (exact) mass is 477 g/mol. The summed E-state index contributed by atoms with van der Waals surface area (Å²) in [4.78, 5) is 12.3. The molecule has 0 fully saturated rings. The molecule has 4 aromatic rings. The quantitative estimate of drug-likeness (QED) is 0.166. The van der Waals surface area contributed by atoms with Crippen LogP contribution < -0.4 is 5.43 Å². The number of Topliss-reactive ketones (excluding diaryl/α,β-unsaturated/α-hetero) is 1. The minimum absolute atomic E-state index is 0.181. The van der Waals surface area contributed by atoms with E-state index in [4.69, 9.17) is 11.6 Å². The largest absolute Gasteiger partial charge is 0.380 e. The number of nitrogens with zero attached hydrogens (tertiary/aromatic N) is 4. The molecule has 0 bridgehead atoms. The third-order valence-corrected chi connectivity index (χ3v) is 5.89. The first-order valence-corrected chi connectivity index (χ1v) is 11.2. The number of rotatable bonds is 7. The maximum Gasteiger partial charge on any atom is 0.202 e. The zero-order valence-electron chi connectivity index (χ0n) is 17.6. The van der Waals surface area contributed by atoms with Gasteiger partial charge in [0.05, 0.1) is 5.69 Å². The first-order valence-electron chi connectivity index (χ1n) is 10.0. The van der Waals surface area contributed by atoms with Crippen LogP contribution in [0.4, 0.5) is 5.69 Å². The van der Waals surface area contributed by atoms with Gasteiger partial charge in [0.2, 0.25) is 5.16 Å². The van der Waals surface area contributed by atoms with Crippen LogP contribution in [0.15, 0.2) is 95.2 Å². The van der Waals surface area contributed by atoms with Crippen LogP contribution in [0, 0.1) is 0 Å². The SMILES string of the molecule is CC(=O)/C(=N\Nc1cccc(Cl)c1)Sc1nnc([C@H](O)c2ccccc2)n1-c1ccccc1. The third-order valence-electron chi connectivity index (χ3n) is 4.63. The highest BCUT2D eigenvalue weighted by atomic mass is 35.5. The van der Waals surface area contributed by atoms with Gasteiger partial charge < -0.3 is 5.11 Å². The van der Waals surface area contributed by atoms with Gasteiger partial charge in [-0.15, -0.1) is 10.2 Å². The van der Waals surface area contributed by atoms with Crippen molar-refractivity contribution in [3.05, 3.63) is 101 Å². The normalized spacial score (nSPS) is 12.4. The van der Waals surface area contributed by atoms with E-state index in [0.717, 1.165) is 17.4 Å². The molecule has 3 aromatic carbocycles. The first kappa shape index (κ1) is 22.7. The van der Waals surface area contributed by atoms with Crippen molar-refractivity contribution in [1.82, 2.24) is 14.8 Å². The molecule has 0 radical (unpaired) electrons. The summed E-state index contributed by atoms with van der Waals surface area (Å²) in [5.74, 6) is 0.0860. The van der Waals surface area contributed by atoms with E-state index in [1.54, 1.807) is 28.8 Å². The molecule has 0 amide bonds. The molecule has 166 valence electrons. The maximum absolute atomic E-state index is 12.3. The lowest BCUT2D eigenvalue weighted by molar-refractivity contribution is -0.110. The fourth-order valence-corrected chi connectivity index (χ4v) is 4.03. The average Bonchev–Trinajstić information content (AvgIpc) is 3.25. The molecule has 7 nitrogen and oxygen atoms in total. The van der Waals surface area contributed by atoms with Crippen LogP contribution in [-0.2, 0) is 4.79 Å². The highest BCUT2D eigenvalue weighted by molar-refractivity contribution is 8.15. The van der Waals surface area contributed by atoms with Crippen LogP contribution >= 0.6 is 23.4 Å². The van der Waals surface area contributed by atoms with Gasteiger partial charge in [-0.3, -0.25) is 14.8 Å². The fraction of sp³-hybridized carbons (Fsp3) is 0.0833. The predicted octanol–water partition coefficient (Wildman–Crippen LogP) is 5.11. The summed E-state index contributed by atoms with van der Waals surface area (Å²) in [6.45, 7) is 1.43. The molecular weight excluding hydrogens is 458 g/mol. The van der Waals surface area contributed by atoms with Crippen molar-refractivity contribution in [3.63, 3.8) is 0 Å². The molecule has 0 aliphatic carbocycles. The lowest BCUT2D eigenvalue weighted by atomic mass is 10.1. The second-order valence-corrected chi connectivity index (χ2v) is 8.41. The number of hydrazone groups is 1. The van der Waals surface area contributed by atoms with Crippen LogP contribution in [0.2, 0.25) is 5.02 Å². The number of hydrogen-bond donors (Lipinski definition) is 2. The lowest BCUT2D eigenvalue weighted by Crippen LogP contribution is -2.12. The van der Waals surface area contributed by atoms with Gasteiger partial charge in [0, 0.05) is 17.6 Å². The Bertz CT molecular complexity index is 1280. The molecule has 4 rings (SSSR count). The smallest absolute Gasteiger partial charge is 0.202 e. The first-order chi connectivity index (χ1) is 16.0. The second-order valence-electron chi connectivity index (χ2n) is 7.02. The van der Waals surface area contributed by atoms with Crippen LogP contribution in [0.25, 0.3) is 5.69 Å². The van der Waals surface area contributed by atoms with E-state index in [9.17, 15) is 9.90 Å². The van der Waals surface area contributed by atoms with E-state index in [1.807, 2.05) is 60.7 Å². The molecule has 1 heterocycles. The minimum Gasteiger partial charge on any atom is -0.380 e. The molecule has 0 unspecified atom stereocenters. The molecule has 0 saturated heterocycles. The minimum atomic E-state index is -1.00. The van der Waals surface area contributed by atoms with E-state index < -0.39 is 6.10 Å².